The summed E-state index contributed by atoms with van der Waals surface area (Å²) < 4.78 is 0. The molecule has 2 rings (SSSR count). The average molecular weight is 428 g/mol. The Morgan fingerprint density at radius 1 is 0.769 bits per heavy atom. The van der Waals surface area contributed by atoms with Crippen LogP contribution in [0.5, 0.6) is 0 Å². The number of anilines is 3. The number of rotatable bonds is 4. The van der Waals surface area contributed by atoms with E-state index in [1.807, 2.05) is 19.2 Å². The smallest absolute Gasteiger partial charge is 0.0535 e. The van der Waals surface area contributed by atoms with Crippen molar-refractivity contribution in [3.05, 3.63) is 39.9 Å². The molecule has 0 heterocycles. The first-order valence-corrected chi connectivity index (χ1v) is 11.8. The highest BCUT2D eigenvalue weighted by Gasteiger charge is 2.10. The van der Waals surface area contributed by atoms with Crippen LogP contribution >= 0.6 is 48.8 Å². The van der Waals surface area contributed by atoms with Crippen LogP contribution in [0.15, 0.2) is 21.9 Å². The van der Waals surface area contributed by atoms with Crippen LogP contribution in [0.25, 0.3) is 0 Å². The highest BCUT2D eigenvalue weighted by atomic mass is 32.2. The van der Waals surface area contributed by atoms with Crippen LogP contribution in [-0.2, 0) is 11.5 Å². The molecule has 0 amide bonds. The number of thiol groups is 2. The van der Waals surface area contributed by atoms with Crippen molar-refractivity contribution in [3.63, 3.8) is 0 Å². The van der Waals surface area contributed by atoms with E-state index < -0.39 is 0 Å². The van der Waals surface area contributed by atoms with Crippen LogP contribution in [0.1, 0.15) is 27.8 Å². The lowest BCUT2D eigenvalue weighted by Crippen LogP contribution is -2.01. The minimum Gasteiger partial charge on any atom is -0.398 e. The van der Waals surface area contributed by atoms with Gasteiger partial charge in [-0.1, -0.05) is 6.07 Å². The Morgan fingerprint density at radius 3 is 1.77 bits per heavy atom. The van der Waals surface area contributed by atoms with E-state index in [4.69, 9.17) is 17.2 Å². The Kier molecular flexibility index (Phi) is 9.44. The van der Waals surface area contributed by atoms with Crippen LogP contribution in [0.2, 0.25) is 0 Å². The van der Waals surface area contributed by atoms with Gasteiger partial charge >= 0.3 is 0 Å². The van der Waals surface area contributed by atoms with Gasteiger partial charge in [0.1, 0.15) is 0 Å². The van der Waals surface area contributed by atoms with Gasteiger partial charge < -0.3 is 17.2 Å². The maximum absolute atomic E-state index is 5.96. The van der Waals surface area contributed by atoms with Gasteiger partial charge in [-0.2, -0.15) is 25.3 Å². The summed E-state index contributed by atoms with van der Waals surface area (Å²) in [6, 6.07) is 4.13. The van der Waals surface area contributed by atoms with Gasteiger partial charge in [0.25, 0.3) is 0 Å². The van der Waals surface area contributed by atoms with Gasteiger partial charge in [0, 0.05) is 22.1 Å². The molecular formula is C19H29N3S4. The normalized spacial score (nSPS) is 10.4. The molecule has 0 bridgehead atoms. The summed E-state index contributed by atoms with van der Waals surface area (Å²) in [6.45, 7) is 6.17. The first-order chi connectivity index (χ1) is 12.2. The molecule has 7 heteroatoms. The van der Waals surface area contributed by atoms with Crippen molar-refractivity contribution in [2.24, 2.45) is 0 Å². The first-order valence-electron chi connectivity index (χ1n) is 8.09. The van der Waals surface area contributed by atoms with Crippen molar-refractivity contribution in [2.45, 2.75) is 42.1 Å². The number of hydrogen-bond donors (Lipinski definition) is 5. The molecule has 0 aliphatic heterocycles. The molecule has 0 spiro atoms. The van der Waals surface area contributed by atoms with Crippen molar-refractivity contribution in [2.75, 3.05) is 29.7 Å². The lowest BCUT2D eigenvalue weighted by Gasteiger charge is -2.13. The molecular weight excluding hydrogens is 398 g/mol. The van der Waals surface area contributed by atoms with Crippen molar-refractivity contribution in [3.8, 4) is 0 Å². The van der Waals surface area contributed by atoms with E-state index in [2.05, 4.69) is 51.4 Å². The minimum atomic E-state index is 0.653. The molecule has 0 aliphatic rings. The predicted octanol–water partition coefficient (Wildman–Crippen LogP) is 5.35. The Labute approximate surface area is 177 Å². The average Bonchev–Trinajstić information content (AvgIpc) is 2.64. The molecule has 144 valence electrons. The molecule has 6 N–H and O–H groups in total. The van der Waals surface area contributed by atoms with E-state index >= 15 is 0 Å². The van der Waals surface area contributed by atoms with Crippen LogP contribution in [0, 0.1) is 20.8 Å². The zero-order chi connectivity index (χ0) is 20.0. The fraction of sp³-hybridized carbons (Fsp3) is 0.368. The first kappa shape index (κ1) is 23.3. The molecule has 26 heavy (non-hydrogen) atoms. The van der Waals surface area contributed by atoms with Crippen molar-refractivity contribution in [1.82, 2.24) is 0 Å². The summed E-state index contributed by atoms with van der Waals surface area (Å²) in [5, 5.41) is 0. The summed E-state index contributed by atoms with van der Waals surface area (Å²) >= 11 is 11.8. The third kappa shape index (κ3) is 5.15. The number of hydrogen-bond acceptors (Lipinski definition) is 7. The van der Waals surface area contributed by atoms with E-state index in [0.717, 1.165) is 38.6 Å². The number of aryl methyl sites for hydroxylation is 1. The van der Waals surface area contributed by atoms with Gasteiger partial charge in [0.15, 0.2) is 0 Å². The van der Waals surface area contributed by atoms with Gasteiger partial charge in [0.05, 0.1) is 16.3 Å². The van der Waals surface area contributed by atoms with E-state index in [1.165, 1.54) is 16.0 Å². The topological polar surface area (TPSA) is 78.1 Å². The molecule has 0 unspecified atom stereocenters. The summed E-state index contributed by atoms with van der Waals surface area (Å²) in [4.78, 5) is 2.28. The standard InChI is InChI=1S/C10H15NS2.C9H14N2S2/c1-6-7(2)10(11)8(5-12)4-9(6)13-3;1-5-3-6(4-12)8(11)9(13-2)7(5)10/h4,12H,5,11H2,1-3H3;3,12H,4,10-11H2,1-2H3. The van der Waals surface area contributed by atoms with Crippen LogP contribution in [0.3, 0.4) is 0 Å². The summed E-state index contributed by atoms with van der Waals surface area (Å²) in [5.41, 5.74) is 26.0. The summed E-state index contributed by atoms with van der Waals surface area (Å²) in [6.07, 6.45) is 4.06. The maximum atomic E-state index is 5.96. The summed E-state index contributed by atoms with van der Waals surface area (Å²) in [5.74, 6) is 1.36. The van der Waals surface area contributed by atoms with Crippen molar-refractivity contribution < 1.29 is 0 Å². The molecule has 0 fully saturated rings. The zero-order valence-electron chi connectivity index (χ0n) is 16.0. The molecule has 2 aromatic rings. The lowest BCUT2D eigenvalue weighted by atomic mass is 10.0. The quantitative estimate of drug-likeness (QED) is 0.258. The Bertz CT molecular complexity index is 745. The maximum Gasteiger partial charge on any atom is 0.0535 e. The fourth-order valence-corrected chi connectivity index (χ4v) is 4.53. The van der Waals surface area contributed by atoms with Gasteiger partial charge in [-0.15, -0.1) is 23.5 Å². The summed E-state index contributed by atoms with van der Waals surface area (Å²) in [7, 11) is 0. The van der Waals surface area contributed by atoms with E-state index in [0.29, 0.717) is 11.5 Å². The van der Waals surface area contributed by atoms with Crippen molar-refractivity contribution in [1.29, 1.82) is 0 Å². The molecule has 0 radical (unpaired) electrons. The van der Waals surface area contributed by atoms with Crippen molar-refractivity contribution >= 4 is 65.8 Å². The zero-order valence-corrected chi connectivity index (χ0v) is 19.4. The number of nitrogens with two attached hydrogens (primary N) is 3. The highest BCUT2D eigenvalue weighted by Crippen LogP contribution is 2.35. The molecule has 3 nitrogen and oxygen atoms in total. The second kappa shape index (κ2) is 10.5. The Hall–Kier alpha value is -0.760. The van der Waals surface area contributed by atoms with E-state index in [1.54, 1.807) is 23.5 Å². The van der Waals surface area contributed by atoms with Crippen LogP contribution in [-0.4, -0.2) is 12.5 Å². The van der Waals surface area contributed by atoms with Gasteiger partial charge in [-0.05, 0) is 67.2 Å². The van der Waals surface area contributed by atoms with Crippen LogP contribution < -0.4 is 17.2 Å². The molecule has 0 aliphatic carbocycles. The largest absolute Gasteiger partial charge is 0.398 e. The SMILES string of the molecule is CSc1c(N)c(C)cc(CS)c1N.CSc1cc(CS)c(N)c(C)c1C. The molecule has 0 aromatic heterocycles. The fourth-order valence-electron chi connectivity index (χ4n) is 2.55. The molecule has 0 atom stereocenters. The van der Waals surface area contributed by atoms with E-state index in [-0.39, 0.29) is 0 Å². The second-order valence-electron chi connectivity index (χ2n) is 5.93. The lowest BCUT2D eigenvalue weighted by molar-refractivity contribution is 1.20. The van der Waals surface area contributed by atoms with Gasteiger partial charge in [0.2, 0.25) is 0 Å². The van der Waals surface area contributed by atoms with E-state index in [9.17, 15) is 0 Å². The monoisotopic (exact) mass is 427 g/mol. The predicted molar refractivity (Wildman–Crippen MR) is 129 cm³/mol. The third-order valence-corrected chi connectivity index (χ3v) is 6.80. The molecule has 0 saturated carbocycles. The minimum absolute atomic E-state index is 0.653. The Balaban J connectivity index is 0.000000260. The number of nitrogen functional groups attached to an aromatic ring is 3. The highest BCUT2D eigenvalue weighted by molar-refractivity contribution is 7.99. The molecule has 0 saturated heterocycles. The van der Waals surface area contributed by atoms with Gasteiger partial charge in [-0.3, -0.25) is 0 Å². The number of thioether (sulfide) groups is 2. The number of benzene rings is 2. The van der Waals surface area contributed by atoms with Gasteiger partial charge in [-0.25, -0.2) is 0 Å². The van der Waals surface area contributed by atoms with Crippen LogP contribution in [0.4, 0.5) is 17.1 Å². The second-order valence-corrected chi connectivity index (χ2v) is 8.23. The molecule has 2 aromatic carbocycles. The Morgan fingerprint density at radius 2 is 1.31 bits per heavy atom. The third-order valence-electron chi connectivity index (χ3n) is 4.40.